The van der Waals surface area contributed by atoms with Crippen LogP contribution in [0.25, 0.3) is 11.0 Å². The highest BCUT2D eigenvalue weighted by Crippen LogP contribution is 2.29. The number of ether oxygens (including phenoxy) is 3. The van der Waals surface area contributed by atoms with Crippen molar-refractivity contribution in [3.8, 4) is 23.3 Å². The zero-order valence-corrected chi connectivity index (χ0v) is 25.6. The fourth-order valence-corrected chi connectivity index (χ4v) is 4.44. The summed E-state index contributed by atoms with van der Waals surface area (Å²) in [5.41, 5.74) is 0.520. The number of para-hydroxylation sites is 1. The van der Waals surface area contributed by atoms with Crippen LogP contribution in [-0.4, -0.2) is 51.8 Å². The largest absolute Gasteiger partial charge is 0.493 e. The molecule has 0 saturated heterocycles. The molecule has 0 fully saturated rings. The highest BCUT2D eigenvalue weighted by Gasteiger charge is 2.16. The fourth-order valence-electron chi connectivity index (χ4n) is 4.24. The van der Waals surface area contributed by atoms with E-state index in [1.165, 1.54) is 24.3 Å². The Balaban J connectivity index is 1.34. The van der Waals surface area contributed by atoms with Crippen molar-refractivity contribution in [1.29, 1.82) is 0 Å². The molecule has 5 rings (SSSR count). The van der Waals surface area contributed by atoms with E-state index in [1.807, 2.05) is 12.1 Å². The molecule has 0 aliphatic carbocycles. The van der Waals surface area contributed by atoms with Gasteiger partial charge >= 0.3 is 17.7 Å². The minimum atomic E-state index is -0.810. The van der Waals surface area contributed by atoms with Crippen LogP contribution in [-0.2, 0) is 6.42 Å². The van der Waals surface area contributed by atoms with Crippen LogP contribution in [0.15, 0.2) is 82.0 Å². The van der Waals surface area contributed by atoms with Gasteiger partial charge in [-0.1, -0.05) is 24.3 Å². The molecule has 2 aromatic heterocycles. The van der Waals surface area contributed by atoms with Gasteiger partial charge in [0.25, 0.3) is 5.69 Å². The zero-order valence-electron chi connectivity index (χ0n) is 24.8. The monoisotopic (exact) mass is 658 g/mol. The van der Waals surface area contributed by atoms with E-state index in [9.17, 15) is 19.7 Å². The van der Waals surface area contributed by atoms with Gasteiger partial charge in [0, 0.05) is 24.4 Å². The summed E-state index contributed by atoms with van der Waals surface area (Å²) in [4.78, 5) is 48.1. The van der Waals surface area contributed by atoms with Crippen LogP contribution in [0.4, 0.5) is 28.1 Å². The molecule has 0 atom stereocenters. The number of anilines is 3. The minimum absolute atomic E-state index is 0.0941. The zero-order chi connectivity index (χ0) is 33.3. The third-order valence-electron chi connectivity index (χ3n) is 6.34. The molecule has 16 nitrogen and oxygen atoms in total. The number of benzene rings is 3. The molecule has 0 bridgehead atoms. The van der Waals surface area contributed by atoms with Crippen LogP contribution in [0.1, 0.15) is 5.56 Å². The Bertz CT molecular complexity index is 2020. The summed E-state index contributed by atoms with van der Waals surface area (Å²) in [6.07, 6.45) is 0.585. The van der Waals surface area contributed by atoms with Gasteiger partial charge in [-0.15, -0.1) is 0 Å². The standard InChI is InChI=1S/C30H26N8O8S/c1-43-22-11-10-17(14-24(22)44-2)12-13-31-30(47)37-27-33-26(34-28(40)32-18-6-5-7-19(15-18)38(41)42)35-29(36-27)46-23-16-25(39)45-21-9-4-3-8-20(21)23/h3-11,14-16H,12-13H2,1-2H3,(H4,31,32,33,34,35,36,37,40,47). The first-order valence-electron chi connectivity index (χ1n) is 13.8. The summed E-state index contributed by atoms with van der Waals surface area (Å²) in [5.74, 6) is 0.942. The van der Waals surface area contributed by atoms with Gasteiger partial charge in [-0.05, 0) is 54.5 Å². The van der Waals surface area contributed by atoms with Crippen molar-refractivity contribution >= 4 is 57.6 Å². The Morgan fingerprint density at radius 2 is 1.66 bits per heavy atom. The van der Waals surface area contributed by atoms with Crippen molar-refractivity contribution in [3.63, 3.8) is 0 Å². The second-order valence-corrected chi connectivity index (χ2v) is 9.91. The van der Waals surface area contributed by atoms with Crippen molar-refractivity contribution in [2.45, 2.75) is 6.42 Å². The molecule has 2 amide bonds. The lowest BCUT2D eigenvalue weighted by Crippen LogP contribution is -2.31. The normalized spacial score (nSPS) is 10.5. The number of nitrogens with one attached hydrogen (secondary N) is 4. The van der Waals surface area contributed by atoms with Gasteiger partial charge in [0.1, 0.15) is 11.3 Å². The number of aromatic nitrogens is 3. The van der Waals surface area contributed by atoms with Crippen LogP contribution in [0.5, 0.6) is 23.3 Å². The first-order chi connectivity index (χ1) is 22.7. The van der Waals surface area contributed by atoms with Gasteiger partial charge in [0.05, 0.1) is 30.6 Å². The number of amides is 2. The van der Waals surface area contributed by atoms with Gasteiger partial charge in [0.2, 0.25) is 11.9 Å². The minimum Gasteiger partial charge on any atom is -0.493 e. The first kappa shape index (κ1) is 32.0. The number of hydrogen-bond donors (Lipinski definition) is 4. The van der Waals surface area contributed by atoms with Crippen molar-refractivity contribution in [2.75, 3.05) is 36.7 Å². The number of thiocarbonyl (C=S) groups is 1. The SMILES string of the molecule is COc1ccc(CCNC(=S)Nc2nc(NC(=O)Nc3cccc([N+](=O)[O-])c3)nc(Oc3cc(=O)oc4ccccc34)n2)cc1OC. The molecule has 17 heteroatoms. The number of nitro groups is 1. The molecule has 0 aliphatic rings. The first-order valence-corrected chi connectivity index (χ1v) is 14.2. The number of hydrogen-bond acceptors (Lipinski definition) is 12. The Labute approximate surface area is 271 Å². The average molecular weight is 659 g/mol. The van der Waals surface area contributed by atoms with Crippen LogP contribution < -0.4 is 41.1 Å². The molecule has 0 spiro atoms. The molecule has 4 N–H and O–H groups in total. The van der Waals surface area contributed by atoms with E-state index in [0.29, 0.717) is 29.9 Å². The summed E-state index contributed by atoms with van der Waals surface area (Å²) in [6, 6.07) is 17.7. The van der Waals surface area contributed by atoms with E-state index < -0.39 is 16.6 Å². The van der Waals surface area contributed by atoms with E-state index in [-0.39, 0.29) is 45.7 Å². The molecule has 0 saturated carbocycles. The van der Waals surface area contributed by atoms with E-state index >= 15 is 0 Å². The molecule has 3 aromatic carbocycles. The molecular formula is C30H26N8O8S. The quantitative estimate of drug-likeness (QED) is 0.0647. The van der Waals surface area contributed by atoms with E-state index in [2.05, 4.69) is 36.2 Å². The summed E-state index contributed by atoms with van der Waals surface area (Å²) in [5, 5.41) is 22.5. The van der Waals surface area contributed by atoms with Crippen LogP contribution in [0.3, 0.4) is 0 Å². The summed E-state index contributed by atoms with van der Waals surface area (Å²) in [6.45, 7) is 0.429. The Morgan fingerprint density at radius 1 is 0.894 bits per heavy atom. The van der Waals surface area contributed by atoms with Crippen LogP contribution in [0.2, 0.25) is 0 Å². The lowest BCUT2D eigenvalue weighted by atomic mass is 10.1. The molecule has 2 heterocycles. The Morgan fingerprint density at radius 3 is 2.43 bits per heavy atom. The second-order valence-electron chi connectivity index (χ2n) is 9.50. The van der Waals surface area contributed by atoms with Crippen molar-refractivity contribution in [1.82, 2.24) is 20.3 Å². The summed E-state index contributed by atoms with van der Waals surface area (Å²) >= 11 is 5.43. The number of rotatable bonds is 11. The number of carbonyl (C=O) groups excluding carboxylic acids is 1. The molecule has 0 unspecified atom stereocenters. The van der Waals surface area contributed by atoms with Gasteiger partial charge in [-0.3, -0.25) is 15.4 Å². The lowest BCUT2D eigenvalue weighted by Gasteiger charge is -2.13. The van der Waals surface area contributed by atoms with Crippen LogP contribution in [0, 0.1) is 10.1 Å². The Hall–Kier alpha value is -6.36. The third kappa shape index (κ3) is 8.43. The average Bonchev–Trinajstić information content (AvgIpc) is 3.04. The second kappa shape index (κ2) is 14.6. The van der Waals surface area contributed by atoms with E-state index in [0.717, 1.165) is 11.6 Å². The van der Waals surface area contributed by atoms with Gasteiger partial charge in [0.15, 0.2) is 16.6 Å². The molecule has 240 valence electrons. The predicted octanol–water partition coefficient (Wildman–Crippen LogP) is 4.87. The maximum atomic E-state index is 12.8. The third-order valence-corrected chi connectivity index (χ3v) is 6.59. The maximum Gasteiger partial charge on any atom is 0.339 e. The smallest absolute Gasteiger partial charge is 0.339 e. The molecule has 5 aromatic rings. The number of non-ortho nitro benzene ring substituents is 1. The van der Waals surface area contributed by atoms with Crippen molar-refractivity contribution < 1.29 is 28.3 Å². The number of nitro benzene ring substituents is 1. The maximum absolute atomic E-state index is 12.8. The van der Waals surface area contributed by atoms with Gasteiger partial charge < -0.3 is 34.6 Å². The highest BCUT2D eigenvalue weighted by atomic mass is 32.1. The Kier molecular flexibility index (Phi) is 9.96. The van der Waals surface area contributed by atoms with E-state index in [4.69, 9.17) is 30.8 Å². The number of carbonyl (C=O) groups is 1. The summed E-state index contributed by atoms with van der Waals surface area (Å²) in [7, 11) is 3.12. The summed E-state index contributed by atoms with van der Waals surface area (Å²) < 4.78 is 21.7. The topological polar surface area (TPSA) is 205 Å². The van der Waals surface area contributed by atoms with E-state index in [1.54, 1.807) is 44.6 Å². The van der Waals surface area contributed by atoms with Crippen molar-refractivity contribution in [2.24, 2.45) is 0 Å². The van der Waals surface area contributed by atoms with Gasteiger partial charge in [-0.25, -0.2) is 9.59 Å². The number of nitrogens with zero attached hydrogens (tertiary/aromatic N) is 4. The highest BCUT2D eigenvalue weighted by molar-refractivity contribution is 7.80. The number of methoxy groups -OCH3 is 2. The van der Waals surface area contributed by atoms with Crippen molar-refractivity contribution in [3.05, 3.63) is 98.9 Å². The van der Waals surface area contributed by atoms with Crippen LogP contribution >= 0.6 is 12.2 Å². The molecule has 0 aliphatic heterocycles. The fraction of sp³-hybridized carbons (Fsp3) is 0.133. The molecule has 47 heavy (non-hydrogen) atoms. The van der Waals surface area contributed by atoms with Gasteiger partial charge in [-0.2, -0.15) is 15.0 Å². The lowest BCUT2D eigenvalue weighted by molar-refractivity contribution is -0.384. The molecule has 0 radical (unpaired) electrons. The number of fused-ring (bicyclic) bond motifs is 1. The number of urea groups is 1. The molecular weight excluding hydrogens is 632 g/mol. The predicted molar refractivity (Wildman–Crippen MR) is 176 cm³/mol.